The molecule has 0 atom stereocenters. The monoisotopic (exact) mass is 372 g/mol. The number of aromatic nitrogens is 2. The molecule has 7 heteroatoms. The molecule has 0 saturated carbocycles. The minimum atomic E-state index is -0.142. The number of hydrogen-bond acceptors (Lipinski definition) is 3. The summed E-state index contributed by atoms with van der Waals surface area (Å²) >= 11 is 16.1. The topological polar surface area (TPSA) is 37.8 Å². The van der Waals surface area contributed by atoms with Crippen molar-refractivity contribution in [1.29, 1.82) is 0 Å². The second-order valence-electron chi connectivity index (χ2n) is 3.81. The Morgan fingerprint density at radius 3 is 2.95 bits per heavy atom. The van der Waals surface area contributed by atoms with Crippen LogP contribution < -0.4 is 5.56 Å². The Balaban J connectivity index is 2.46. The molecule has 0 fully saturated rings. The molecule has 0 saturated heterocycles. The van der Waals surface area contributed by atoms with Crippen LogP contribution in [0.25, 0.3) is 15.9 Å². The van der Waals surface area contributed by atoms with Gasteiger partial charge in [0.05, 0.1) is 20.7 Å². The smallest absolute Gasteiger partial charge is 0.276 e. The third-order valence-electron chi connectivity index (χ3n) is 2.68. The Bertz CT molecular complexity index is 897. The number of nitrogens with zero attached hydrogens (tertiary/aromatic N) is 1. The van der Waals surface area contributed by atoms with E-state index in [1.165, 1.54) is 15.9 Å². The van der Waals surface area contributed by atoms with Crippen molar-refractivity contribution in [3.05, 3.63) is 54.3 Å². The molecule has 3 nitrogen and oxygen atoms in total. The average Bonchev–Trinajstić information content (AvgIpc) is 2.82. The number of fused-ring (bicyclic) bond motifs is 1. The first kappa shape index (κ1) is 13.1. The van der Waals surface area contributed by atoms with Gasteiger partial charge in [0.25, 0.3) is 5.56 Å². The van der Waals surface area contributed by atoms with Crippen LogP contribution >= 0.6 is 51.1 Å². The summed E-state index contributed by atoms with van der Waals surface area (Å²) in [5, 5.41) is 2.39. The molecule has 0 radical (unpaired) electrons. The van der Waals surface area contributed by atoms with E-state index in [4.69, 9.17) is 23.8 Å². The lowest BCUT2D eigenvalue weighted by atomic mass is 10.3. The SMILES string of the molecule is O=c1c2sccc2[nH]c(=S)n1-c1cccc(Cl)c1Br. The summed E-state index contributed by atoms with van der Waals surface area (Å²) in [4.78, 5) is 15.5. The molecule has 2 aromatic heterocycles. The lowest BCUT2D eigenvalue weighted by Gasteiger charge is -2.09. The zero-order chi connectivity index (χ0) is 13.6. The summed E-state index contributed by atoms with van der Waals surface area (Å²) in [7, 11) is 0. The van der Waals surface area contributed by atoms with E-state index in [1.54, 1.807) is 18.2 Å². The van der Waals surface area contributed by atoms with Crippen molar-refractivity contribution >= 4 is 61.3 Å². The molecule has 2 heterocycles. The fourth-order valence-electron chi connectivity index (χ4n) is 1.82. The Hall–Kier alpha value is -0.950. The van der Waals surface area contributed by atoms with Gasteiger partial charge in [0, 0.05) is 0 Å². The van der Waals surface area contributed by atoms with Gasteiger partial charge < -0.3 is 4.98 Å². The maximum absolute atomic E-state index is 12.5. The normalized spacial score (nSPS) is 11.1. The van der Waals surface area contributed by atoms with Crippen LogP contribution in [-0.4, -0.2) is 9.55 Å². The average molecular weight is 374 g/mol. The maximum atomic E-state index is 12.5. The number of aromatic amines is 1. The van der Waals surface area contributed by atoms with E-state index in [2.05, 4.69) is 20.9 Å². The molecule has 1 N–H and O–H groups in total. The number of rotatable bonds is 1. The van der Waals surface area contributed by atoms with Crippen molar-refractivity contribution in [2.24, 2.45) is 0 Å². The Kier molecular flexibility index (Phi) is 3.34. The molecule has 3 rings (SSSR count). The molecule has 0 bridgehead atoms. The predicted molar refractivity (Wildman–Crippen MR) is 85.3 cm³/mol. The molecule has 19 heavy (non-hydrogen) atoms. The number of benzene rings is 1. The van der Waals surface area contributed by atoms with Crippen LogP contribution in [0.5, 0.6) is 0 Å². The molecule has 0 unspecified atom stereocenters. The van der Waals surface area contributed by atoms with Crippen LogP contribution in [-0.2, 0) is 0 Å². The molecule has 0 aliphatic rings. The molecule has 96 valence electrons. The van der Waals surface area contributed by atoms with Crippen molar-refractivity contribution in [3.63, 3.8) is 0 Å². The summed E-state index contributed by atoms with van der Waals surface area (Å²) in [6.07, 6.45) is 0. The third-order valence-corrected chi connectivity index (χ3v) is 5.24. The lowest BCUT2D eigenvalue weighted by Crippen LogP contribution is -2.19. The van der Waals surface area contributed by atoms with Gasteiger partial charge in [0.2, 0.25) is 0 Å². The van der Waals surface area contributed by atoms with Crippen LogP contribution in [0.3, 0.4) is 0 Å². The van der Waals surface area contributed by atoms with E-state index in [0.717, 1.165) is 5.52 Å². The second kappa shape index (κ2) is 4.86. The van der Waals surface area contributed by atoms with Crippen molar-refractivity contribution in [1.82, 2.24) is 9.55 Å². The van der Waals surface area contributed by atoms with Crippen LogP contribution in [0.15, 0.2) is 38.9 Å². The summed E-state index contributed by atoms with van der Waals surface area (Å²) < 4.78 is 3.08. The molecular formula is C12H6BrClN2OS2. The third kappa shape index (κ3) is 2.08. The van der Waals surface area contributed by atoms with Crippen molar-refractivity contribution in [2.75, 3.05) is 0 Å². The van der Waals surface area contributed by atoms with Gasteiger partial charge in [0.1, 0.15) is 4.70 Å². The Morgan fingerprint density at radius 2 is 2.16 bits per heavy atom. The van der Waals surface area contributed by atoms with Gasteiger partial charge in [-0.25, -0.2) is 0 Å². The highest BCUT2D eigenvalue weighted by molar-refractivity contribution is 9.10. The van der Waals surface area contributed by atoms with Crippen molar-refractivity contribution in [2.45, 2.75) is 0 Å². The largest absolute Gasteiger partial charge is 0.331 e. The zero-order valence-corrected chi connectivity index (χ0v) is 13.3. The minimum absolute atomic E-state index is 0.142. The van der Waals surface area contributed by atoms with Gasteiger partial charge in [-0.05, 0) is 51.7 Å². The van der Waals surface area contributed by atoms with Crippen LogP contribution in [0.1, 0.15) is 0 Å². The van der Waals surface area contributed by atoms with Gasteiger partial charge in [-0.15, -0.1) is 11.3 Å². The number of nitrogens with one attached hydrogen (secondary N) is 1. The number of halogens is 2. The number of hydrogen-bond donors (Lipinski definition) is 1. The Labute approximate surface area is 130 Å². The summed E-state index contributed by atoms with van der Waals surface area (Å²) in [6.45, 7) is 0. The highest BCUT2D eigenvalue weighted by Crippen LogP contribution is 2.28. The first-order chi connectivity index (χ1) is 9.09. The quantitative estimate of drug-likeness (QED) is 0.637. The van der Waals surface area contributed by atoms with Gasteiger partial charge >= 0.3 is 0 Å². The van der Waals surface area contributed by atoms with Crippen LogP contribution in [0.2, 0.25) is 5.02 Å². The summed E-state index contributed by atoms with van der Waals surface area (Å²) in [6, 6.07) is 7.16. The molecular weight excluding hydrogens is 368 g/mol. The van der Waals surface area contributed by atoms with E-state index in [1.807, 2.05) is 11.4 Å². The Morgan fingerprint density at radius 1 is 1.37 bits per heavy atom. The highest BCUT2D eigenvalue weighted by atomic mass is 79.9. The second-order valence-corrected chi connectivity index (χ2v) is 6.31. The van der Waals surface area contributed by atoms with E-state index >= 15 is 0 Å². The fraction of sp³-hybridized carbons (Fsp3) is 0. The molecule has 0 aliphatic carbocycles. The predicted octanol–water partition coefficient (Wildman–Crippen LogP) is 4.53. The number of thiophene rings is 1. The van der Waals surface area contributed by atoms with E-state index in [0.29, 0.717) is 24.7 Å². The first-order valence-corrected chi connectivity index (χ1v) is 7.72. The van der Waals surface area contributed by atoms with Gasteiger partial charge in [-0.2, -0.15) is 0 Å². The first-order valence-electron chi connectivity index (χ1n) is 5.26. The van der Waals surface area contributed by atoms with E-state index < -0.39 is 0 Å². The molecule has 3 aromatic rings. The fourth-order valence-corrected chi connectivity index (χ4v) is 3.50. The van der Waals surface area contributed by atoms with E-state index in [-0.39, 0.29) is 5.56 Å². The highest BCUT2D eigenvalue weighted by Gasteiger charge is 2.12. The minimum Gasteiger partial charge on any atom is -0.331 e. The number of H-pyrrole nitrogens is 1. The van der Waals surface area contributed by atoms with Gasteiger partial charge in [-0.3, -0.25) is 9.36 Å². The van der Waals surface area contributed by atoms with Crippen molar-refractivity contribution in [3.8, 4) is 5.69 Å². The molecule has 0 aliphatic heterocycles. The summed E-state index contributed by atoms with van der Waals surface area (Å²) in [5.74, 6) is 0. The van der Waals surface area contributed by atoms with Crippen LogP contribution in [0, 0.1) is 4.77 Å². The zero-order valence-electron chi connectivity index (χ0n) is 9.31. The standard InChI is InChI=1S/C12H6BrClN2OS2/c13-9-6(14)2-1-3-8(9)16-11(17)10-7(4-5-19-10)15-12(16)18/h1-5H,(H,15,18). The molecule has 0 spiro atoms. The van der Waals surface area contributed by atoms with Gasteiger partial charge in [0.15, 0.2) is 4.77 Å². The maximum Gasteiger partial charge on any atom is 0.276 e. The van der Waals surface area contributed by atoms with E-state index in [9.17, 15) is 4.79 Å². The molecule has 0 amide bonds. The summed E-state index contributed by atoms with van der Waals surface area (Å²) in [5.41, 5.74) is 1.25. The lowest BCUT2D eigenvalue weighted by molar-refractivity contribution is 0.939. The van der Waals surface area contributed by atoms with Gasteiger partial charge in [-0.1, -0.05) is 17.7 Å². The molecule has 1 aromatic carbocycles. The van der Waals surface area contributed by atoms with Crippen LogP contribution in [0.4, 0.5) is 0 Å². The van der Waals surface area contributed by atoms with Crippen molar-refractivity contribution < 1.29 is 0 Å².